The molecule has 4 rings (SSSR count). The van der Waals surface area contributed by atoms with Crippen LogP contribution in [0.4, 0.5) is 16.2 Å². The summed E-state index contributed by atoms with van der Waals surface area (Å²) in [6.45, 7) is 0. The van der Waals surface area contributed by atoms with Crippen molar-refractivity contribution in [1.29, 1.82) is 0 Å². The quantitative estimate of drug-likeness (QED) is 0.480. The first-order chi connectivity index (χ1) is 12.1. The van der Waals surface area contributed by atoms with Gasteiger partial charge >= 0.3 is 6.03 Å². The Morgan fingerprint density at radius 2 is 1.84 bits per heavy atom. The molecular formula is C17H13N3O4S. The Balaban J connectivity index is 1.69. The summed E-state index contributed by atoms with van der Waals surface area (Å²) in [6.07, 6.45) is 0. The van der Waals surface area contributed by atoms with E-state index >= 15 is 0 Å². The molecule has 8 heteroatoms. The number of hydrogen-bond acceptors (Lipinski definition) is 5. The molecule has 126 valence electrons. The zero-order valence-electron chi connectivity index (χ0n) is 12.9. The fourth-order valence-electron chi connectivity index (χ4n) is 3.15. The minimum Gasteiger partial charge on any atom is -0.295 e. The third kappa shape index (κ3) is 2.45. The number of carbonyl (C=O) groups is 2. The summed E-state index contributed by atoms with van der Waals surface area (Å²) in [6, 6.07) is 14.1. The van der Waals surface area contributed by atoms with E-state index in [1.54, 1.807) is 36.4 Å². The zero-order valence-corrected chi connectivity index (χ0v) is 13.8. The Morgan fingerprint density at radius 3 is 2.56 bits per heavy atom. The second-order valence-electron chi connectivity index (χ2n) is 5.75. The number of nitro groups is 1. The lowest BCUT2D eigenvalue weighted by Crippen LogP contribution is -2.33. The van der Waals surface area contributed by atoms with Crippen LogP contribution in [0.5, 0.6) is 0 Å². The van der Waals surface area contributed by atoms with Crippen LogP contribution in [0.25, 0.3) is 0 Å². The molecule has 25 heavy (non-hydrogen) atoms. The maximum atomic E-state index is 12.9. The SMILES string of the molecule is O=C1[C@@H]2CS[C@@H](c3cccc([N+](=O)[O-])c3)N2C(=O)N1c1ccccc1. The van der Waals surface area contributed by atoms with Crippen molar-refractivity contribution in [3.8, 4) is 0 Å². The van der Waals surface area contributed by atoms with Crippen molar-refractivity contribution in [3.63, 3.8) is 0 Å². The molecule has 2 atom stereocenters. The van der Waals surface area contributed by atoms with Gasteiger partial charge in [0.05, 0.1) is 10.6 Å². The van der Waals surface area contributed by atoms with Gasteiger partial charge in [0.15, 0.2) is 0 Å². The van der Waals surface area contributed by atoms with Crippen molar-refractivity contribution in [1.82, 2.24) is 4.90 Å². The number of thioether (sulfide) groups is 1. The monoisotopic (exact) mass is 355 g/mol. The van der Waals surface area contributed by atoms with Crippen molar-refractivity contribution >= 4 is 35.1 Å². The number of carbonyl (C=O) groups excluding carboxylic acids is 2. The molecule has 0 saturated carbocycles. The predicted octanol–water partition coefficient (Wildman–Crippen LogP) is 3.18. The van der Waals surface area contributed by atoms with E-state index in [-0.39, 0.29) is 17.6 Å². The van der Waals surface area contributed by atoms with Gasteiger partial charge in [-0.15, -0.1) is 11.8 Å². The van der Waals surface area contributed by atoms with Gasteiger partial charge in [-0.2, -0.15) is 0 Å². The molecule has 0 bridgehead atoms. The maximum Gasteiger partial charge on any atom is 0.333 e. The number of para-hydroxylation sites is 1. The predicted molar refractivity (Wildman–Crippen MR) is 93.2 cm³/mol. The van der Waals surface area contributed by atoms with Crippen LogP contribution >= 0.6 is 11.8 Å². The number of amides is 3. The van der Waals surface area contributed by atoms with E-state index in [0.29, 0.717) is 17.0 Å². The minimum atomic E-state index is -0.540. The number of urea groups is 1. The average Bonchev–Trinajstić information content (AvgIpc) is 3.16. The van der Waals surface area contributed by atoms with E-state index in [1.807, 2.05) is 6.07 Å². The molecule has 2 aromatic rings. The maximum absolute atomic E-state index is 12.9. The van der Waals surface area contributed by atoms with Crippen molar-refractivity contribution in [2.75, 3.05) is 10.7 Å². The van der Waals surface area contributed by atoms with E-state index in [1.165, 1.54) is 33.7 Å². The number of benzene rings is 2. The summed E-state index contributed by atoms with van der Waals surface area (Å²) in [5.74, 6) is 0.220. The highest BCUT2D eigenvalue weighted by Crippen LogP contribution is 2.46. The van der Waals surface area contributed by atoms with Crippen LogP contribution in [0.3, 0.4) is 0 Å². The number of nitro benzene ring substituents is 1. The van der Waals surface area contributed by atoms with Gasteiger partial charge in [0.1, 0.15) is 11.4 Å². The van der Waals surface area contributed by atoms with Crippen LogP contribution in [0.2, 0.25) is 0 Å². The number of imide groups is 1. The van der Waals surface area contributed by atoms with Gasteiger partial charge < -0.3 is 0 Å². The zero-order chi connectivity index (χ0) is 17.6. The lowest BCUT2D eigenvalue weighted by atomic mass is 10.1. The molecule has 0 aromatic heterocycles. The number of nitrogens with zero attached hydrogens (tertiary/aromatic N) is 3. The molecule has 2 fully saturated rings. The molecule has 0 aliphatic carbocycles. The lowest BCUT2D eigenvalue weighted by Gasteiger charge is -2.22. The van der Waals surface area contributed by atoms with Crippen LogP contribution in [-0.2, 0) is 4.79 Å². The molecule has 2 aliphatic rings. The van der Waals surface area contributed by atoms with E-state index in [0.717, 1.165) is 0 Å². The molecule has 3 amide bonds. The van der Waals surface area contributed by atoms with Gasteiger partial charge in [0.2, 0.25) is 0 Å². The van der Waals surface area contributed by atoms with Crippen LogP contribution in [-0.4, -0.2) is 33.6 Å². The van der Waals surface area contributed by atoms with E-state index in [4.69, 9.17) is 0 Å². The van der Waals surface area contributed by atoms with Gasteiger partial charge in [-0.3, -0.25) is 19.8 Å². The van der Waals surface area contributed by atoms with Crippen LogP contribution in [0, 0.1) is 10.1 Å². The largest absolute Gasteiger partial charge is 0.333 e. The Hall–Kier alpha value is -2.87. The lowest BCUT2D eigenvalue weighted by molar-refractivity contribution is -0.384. The highest BCUT2D eigenvalue weighted by Gasteiger charge is 2.53. The first-order valence-electron chi connectivity index (χ1n) is 7.65. The van der Waals surface area contributed by atoms with E-state index < -0.39 is 16.3 Å². The molecule has 7 nitrogen and oxygen atoms in total. The summed E-state index contributed by atoms with van der Waals surface area (Å²) < 4.78 is 0. The highest BCUT2D eigenvalue weighted by atomic mass is 32.2. The smallest absolute Gasteiger partial charge is 0.295 e. The molecule has 2 saturated heterocycles. The van der Waals surface area contributed by atoms with Crippen molar-refractivity contribution in [2.24, 2.45) is 0 Å². The number of hydrogen-bond donors (Lipinski definition) is 0. The van der Waals surface area contributed by atoms with Gasteiger partial charge in [-0.25, -0.2) is 9.69 Å². The molecule has 2 aromatic carbocycles. The third-order valence-electron chi connectivity index (χ3n) is 4.30. The van der Waals surface area contributed by atoms with Crippen molar-refractivity contribution < 1.29 is 14.5 Å². The fraction of sp³-hybridized carbons (Fsp3) is 0.176. The molecule has 2 heterocycles. The first kappa shape index (κ1) is 15.6. The fourth-order valence-corrected chi connectivity index (χ4v) is 4.56. The molecule has 0 unspecified atom stereocenters. The summed E-state index contributed by atoms with van der Waals surface area (Å²) >= 11 is 1.45. The van der Waals surface area contributed by atoms with Crippen molar-refractivity contribution in [2.45, 2.75) is 11.4 Å². The Labute approximate surface area is 147 Å². The van der Waals surface area contributed by atoms with Crippen LogP contribution < -0.4 is 4.90 Å². The molecule has 0 spiro atoms. The molecule has 2 aliphatic heterocycles. The average molecular weight is 355 g/mol. The van der Waals surface area contributed by atoms with Crippen LogP contribution in [0.1, 0.15) is 10.9 Å². The Kier molecular flexibility index (Phi) is 3.69. The number of non-ortho nitro benzene ring substituents is 1. The molecule has 0 radical (unpaired) electrons. The highest BCUT2D eigenvalue weighted by molar-refractivity contribution is 7.99. The summed E-state index contributed by atoms with van der Waals surface area (Å²) in [5, 5.41) is 10.6. The van der Waals surface area contributed by atoms with Gasteiger partial charge in [-0.1, -0.05) is 30.3 Å². The third-order valence-corrected chi connectivity index (χ3v) is 5.62. The topological polar surface area (TPSA) is 83.8 Å². The minimum absolute atomic E-state index is 0.0283. The summed E-state index contributed by atoms with van der Waals surface area (Å²) in [5.41, 5.74) is 1.16. The summed E-state index contributed by atoms with van der Waals surface area (Å²) in [7, 11) is 0. The van der Waals surface area contributed by atoms with Crippen molar-refractivity contribution in [3.05, 3.63) is 70.3 Å². The molecule has 0 N–H and O–H groups in total. The number of rotatable bonds is 3. The second kappa shape index (κ2) is 5.89. The standard InChI is InChI=1S/C17H13N3O4S/c21-15-14-10-25-16(11-5-4-8-13(9-11)20(23)24)19(14)17(22)18(15)12-6-2-1-3-7-12/h1-9,14,16H,10H2/t14-,16-/m0/s1. The van der Waals surface area contributed by atoms with E-state index in [9.17, 15) is 19.7 Å². The Bertz CT molecular complexity index is 873. The van der Waals surface area contributed by atoms with Gasteiger partial charge in [0.25, 0.3) is 11.6 Å². The number of anilines is 1. The summed E-state index contributed by atoms with van der Waals surface area (Å²) in [4.78, 5) is 38.8. The van der Waals surface area contributed by atoms with Gasteiger partial charge in [-0.05, 0) is 17.7 Å². The van der Waals surface area contributed by atoms with Gasteiger partial charge in [0, 0.05) is 17.9 Å². The second-order valence-corrected chi connectivity index (χ2v) is 6.87. The first-order valence-corrected chi connectivity index (χ1v) is 8.70. The van der Waals surface area contributed by atoms with E-state index in [2.05, 4.69) is 0 Å². The van der Waals surface area contributed by atoms with Crippen LogP contribution in [0.15, 0.2) is 54.6 Å². The molecular weight excluding hydrogens is 342 g/mol. The Morgan fingerprint density at radius 1 is 1.08 bits per heavy atom. The normalized spacial score (nSPS) is 22.4. The number of fused-ring (bicyclic) bond motifs is 1.